The number of piperidine rings is 1. The molecule has 2 N–H and O–H groups in total. The first-order chi connectivity index (χ1) is 9.93. The fourth-order valence-electron chi connectivity index (χ4n) is 2.68. The Kier molecular flexibility index (Phi) is 4.93. The number of carbonyl (C=O) groups excluding carboxylic acids is 1. The van der Waals surface area contributed by atoms with E-state index in [0.29, 0.717) is 23.8 Å². The van der Waals surface area contributed by atoms with Crippen LogP contribution in [0.1, 0.15) is 35.9 Å². The molecule has 0 saturated carbocycles. The van der Waals surface area contributed by atoms with Gasteiger partial charge in [0.2, 0.25) is 0 Å². The molecule has 1 aromatic heterocycles. The molecule has 0 atom stereocenters. The number of thiocarbonyl (C=S) groups is 1. The van der Waals surface area contributed by atoms with Gasteiger partial charge in [-0.1, -0.05) is 19.1 Å². The number of aromatic nitrogens is 2. The van der Waals surface area contributed by atoms with Crippen LogP contribution in [0.4, 0.5) is 0 Å². The van der Waals surface area contributed by atoms with E-state index in [0.717, 1.165) is 25.0 Å². The maximum atomic E-state index is 12.6. The molecule has 1 aromatic rings. The van der Waals surface area contributed by atoms with E-state index in [1.807, 2.05) is 31.2 Å². The minimum absolute atomic E-state index is 0.0438. The van der Waals surface area contributed by atoms with Gasteiger partial charge in [0.25, 0.3) is 5.91 Å². The van der Waals surface area contributed by atoms with Gasteiger partial charge in [0.05, 0.1) is 15.4 Å². The van der Waals surface area contributed by atoms with Gasteiger partial charge in [0.15, 0.2) is 0 Å². The van der Waals surface area contributed by atoms with Crippen LogP contribution in [0.5, 0.6) is 0 Å². The number of thioether (sulfide) groups is 1. The number of amides is 1. The van der Waals surface area contributed by atoms with Crippen molar-refractivity contribution in [1.82, 2.24) is 14.7 Å². The normalized spacial score (nSPS) is 17.8. The van der Waals surface area contributed by atoms with E-state index in [1.54, 1.807) is 16.4 Å². The molecule has 1 aliphatic heterocycles. The van der Waals surface area contributed by atoms with Gasteiger partial charge in [-0.3, -0.25) is 9.48 Å². The van der Waals surface area contributed by atoms with Gasteiger partial charge < -0.3 is 10.6 Å². The Morgan fingerprint density at radius 2 is 2.14 bits per heavy atom. The number of hydrogen-bond acceptors (Lipinski definition) is 4. The largest absolute Gasteiger partial charge is 0.392 e. The molecule has 1 aliphatic rings. The van der Waals surface area contributed by atoms with Crippen molar-refractivity contribution < 1.29 is 4.79 Å². The Balaban J connectivity index is 2.09. The maximum absolute atomic E-state index is 12.6. The number of nitrogens with two attached hydrogens (primary N) is 1. The van der Waals surface area contributed by atoms with E-state index in [1.165, 1.54) is 0 Å². The third kappa shape index (κ3) is 3.08. The summed E-state index contributed by atoms with van der Waals surface area (Å²) in [7, 11) is 1.82. The molecule has 5 nitrogen and oxygen atoms in total. The van der Waals surface area contributed by atoms with Gasteiger partial charge in [-0.2, -0.15) is 16.9 Å². The summed E-state index contributed by atoms with van der Waals surface area (Å²) in [5, 5.41) is 4.34. The van der Waals surface area contributed by atoms with Crippen LogP contribution in [0, 0.1) is 0 Å². The Morgan fingerprint density at radius 3 is 2.57 bits per heavy atom. The summed E-state index contributed by atoms with van der Waals surface area (Å²) in [5.41, 5.74) is 7.48. The third-order valence-corrected chi connectivity index (χ3v) is 6.14. The summed E-state index contributed by atoms with van der Waals surface area (Å²) < 4.78 is 1.51. The Morgan fingerprint density at radius 1 is 1.52 bits per heavy atom. The van der Waals surface area contributed by atoms with Gasteiger partial charge in [0, 0.05) is 20.1 Å². The monoisotopic (exact) mass is 326 g/mol. The second kappa shape index (κ2) is 6.36. The lowest BCUT2D eigenvalue weighted by Gasteiger charge is -2.39. The van der Waals surface area contributed by atoms with E-state index in [4.69, 9.17) is 18.0 Å². The van der Waals surface area contributed by atoms with Crippen molar-refractivity contribution in [3.8, 4) is 0 Å². The van der Waals surface area contributed by atoms with Crippen molar-refractivity contribution in [3.63, 3.8) is 0 Å². The van der Waals surface area contributed by atoms with E-state index in [-0.39, 0.29) is 10.7 Å². The topological polar surface area (TPSA) is 64.2 Å². The van der Waals surface area contributed by atoms with Crippen LogP contribution in [0.3, 0.4) is 0 Å². The van der Waals surface area contributed by atoms with Crippen molar-refractivity contribution in [3.05, 3.63) is 17.5 Å². The maximum Gasteiger partial charge on any atom is 0.272 e. The zero-order chi connectivity index (χ0) is 15.6. The highest BCUT2D eigenvalue weighted by atomic mass is 32.2. The fourth-order valence-corrected chi connectivity index (χ4v) is 3.93. The summed E-state index contributed by atoms with van der Waals surface area (Å²) in [6.45, 7) is 3.40. The highest BCUT2D eigenvalue weighted by Gasteiger charge is 2.38. The summed E-state index contributed by atoms with van der Waals surface area (Å²) in [4.78, 5) is 15.0. The molecule has 0 bridgehead atoms. The zero-order valence-electron chi connectivity index (χ0n) is 12.8. The first-order valence-electron chi connectivity index (χ1n) is 7.10. The summed E-state index contributed by atoms with van der Waals surface area (Å²) >= 11 is 6.90. The molecule has 1 amide bonds. The van der Waals surface area contributed by atoms with Crippen LogP contribution in [0.25, 0.3) is 0 Å². The van der Waals surface area contributed by atoms with Gasteiger partial charge in [-0.15, -0.1) is 0 Å². The van der Waals surface area contributed by atoms with E-state index < -0.39 is 0 Å². The molecule has 7 heteroatoms. The van der Waals surface area contributed by atoms with Crippen LogP contribution in [-0.2, 0) is 13.5 Å². The number of rotatable bonds is 4. The Hall–Kier alpha value is -1.08. The molecule has 116 valence electrons. The first kappa shape index (κ1) is 16.3. The minimum atomic E-state index is -0.160. The molecule has 2 heterocycles. The fraction of sp³-hybridized carbons (Fsp3) is 0.643. The predicted molar refractivity (Wildman–Crippen MR) is 90.8 cm³/mol. The van der Waals surface area contributed by atoms with Crippen LogP contribution in [0.2, 0.25) is 0 Å². The average molecular weight is 326 g/mol. The highest BCUT2D eigenvalue weighted by molar-refractivity contribution is 8.02. The molecule has 1 saturated heterocycles. The lowest BCUT2D eigenvalue weighted by atomic mass is 9.95. The van der Waals surface area contributed by atoms with Crippen molar-refractivity contribution in [2.75, 3.05) is 19.3 Å². The molecule has 0 aromatic carbocycles. The lowest BCUT2D eigenvalue weighted by Crippen LogP contribution is -2.50. The van der Waals surface area contributed by atoms with Crippen LogP contribution in [0.15, 0.2) is 6.07 Å². The number of aryl methyl sites for hydroxylation is 2. The lowest BCUT2D eigenvalue weighted by molar-refractivity contribution is 0.0707. The smallest absolute Gasteiger partial charge is 0.272 e. The van der Waals surface area contributed by atoms with Gasteiger partial charge in [0.1, 0.15) is 5.69 Å². The van der Waals surface area contributed by atoms with Crippen molar-refractivity contribution >= 4 is 34.9 Å². The van der Waals surface area contributed by atoms with E-state index in [2.05, 4.69) is 5.10 Å². The molecule has 21 heavy (non-hydrogen) atoms. The first-order valence-corrected chi connectivity index (χ1v) is 8.74. The molecular formula is C14H22N4OS2. The molecular weight excluding hydrogens is 304 g/mol. The molecule has 0 aliphatic carbocycles. The summed E-state index contributed by atoms with van der Waals surface area (Å²) in [5.74, 6) is 0.0438. The van der Waals surface area contributed by atoms with Crippen molar-refractivity contribution in [1.29, 1.82) is 0 Å². The minimum Gasteiger partial charge on any atom is -0.392 e. The second-order valence-corrected chi connectivity index (χ2v) is 6.98. The van der Waals surface area contributed by atoms with E-state index >= 15 is 0 Å². The Labute approximate surface area is 135 Å². The van der Waals surface area contributed by atoms with Gasteiger partial charge in [-0.25, -0.2) is 0 Å². The van der Waals surface area contributed by atoms with Crippen LogP contribution >= 0.6 is 24.0 Å². The number of nitrogens with zero attached hydrogens (tertiary/aromatic N) is 3. The SMILES string of the molecule is CCc1cc(C(=O)N2CCC(SC)(C(N)=S)CC2)n(C)n1. The third-order valence-electron chi connectivity index (χ3n) is 4.21. The molecule has 1 fully saturated rings. The second-order valence-electron chi connectivity index (χ2n) is 5.35. The van der Waals surface area contributed by atoms with Crippen LogP contribution < -0.4 is 5.73 Å². The van der Waals surface area contributed by atoms with Gasteiger partial charge >= 0.3 is 0 Å². The average Bonchev–Trinajstić information content (AvgIpc) is 2.87. The number of carbonyl (C=O) groups is 1. The quantitative estimate of drug-likeness (QED) is 0.852. The standard InChI is InChI=1S/C14H22N4OS2/c1-4-10-9-11(17(2)16-10)12(19)18-7-5-14(21-3,6-8-18)13(15)20/h9H,4-8H2,1-3H3,(H2,15,20). The highest BCUT2D eigenvalue weighted by Crippen LogP contribution is 2.35. The summed E-state index contributed by atoms with van der Waals surface area (Å²) in [6, 6.07) is 1.88. The summed E-state index contributed by atoms with van der Waals surface area (Å²) in [6.07, 6.45) is 4.49. The number of hydrogen-bond donors (Lipinski definition) is 1. The van der Waals surface area contributed by atoms with Crippen molar-refractivity contribution in [2.45, 2.75) is 30.9 Å². The number of likely N-dealkylation sites (tertiary alicyclic amines) is 1. The Bertz CT molecular complexity index is 547. The van der Waals surface area contributed by atoms with Crippen molar-refractivity contribution in [2.24, 2.45) is 12.8 Å². The van der Waals surface area contributed by atoms with Crippen LogP contribution in [-0.4, -0.2) is 49.7 Å². The predicted octanol–water partition coefficient (Wildman–Crippen LogP) is 1.61. The van der Waals surface area contributed by atoms with Gasteiger partial charge in [-0.05, 0) is 31.6 Å². The zero-order valence-corrected chi connectivity index (χ0v) is 14.4. The molecule has 0 radical (unpaired) electrons. The molecule has 0 spiro atoms. The molecule has 0 unspecified atom stereocenters. The molecule has 2 rings (SSSR count). The van der Waals surface area contributed by atoms with E-state index in [9.17, 15) is 4.79 Å².